The zero-order valence-corrected chi connectivity index (χ0v) is 17.9. The molecule has 6 heteroatoms. The van der Waals surface area contributed by atoms with Gasteiger partial charge in [-0.1, -0.05) is 18.2 Å². The van der Waals surface area contributed by atoms with Gasteiger partial charge in [0, 0.05) is 44.1 Å². The van der Waals surface area contributed by atoms with Gasteiger partial charge in [-0.2, -0.15) is 5.10 Å². The molecule has 1 saturated carbocycles. The molecule has 5 nitrogen and oxygen atoms in total. The van der Waals surface area contributed by atoms with Gasteiger partial charge in [-0.15, -0.1) is 0 Å². The van der Waals surface area contributed by atoms with Gasteiger partial charge in [0.25, 0.3) is 0 Å². The molecular weight excluding hydrogens is 381 g/mol. The molecule has 0 bridgehead atoms. The van der Waals surface area contributed by atoms with Crippen molar-refractivity contribution in [2.24, 2.45) is 5.92 Å². The van der Waals surface area contributed by atoms with E-state index in [0.717, 1.165) is 40.8 Å². The Balaban J connectivity index is 1.29. The van der Waals surface area contributed by atoms with Crippen molar-refractivity contribution in [2.75, 3.05) is 13.1 Å². The number of Topliss-reactive ketones (excluding diaryl/α,β-unsaturated/α-hetero) is 1. The maximum atomic E-state index is 15.7. The van der Waals surface area contributed by atoms with Crippen molar-refractivity contribution in [2.45, 2.75) is 64.6 Å². The third-order valence-electron chi connectivity index (χ3n) is 7.46. The number of amides is 1. The number of nitrogens with zero attached hydrogens (tertiary/aromatic N) is 3. The highest BCUT2D eigenvalue weighted by Gasteiger charge is 2.50. The van der Waals surface area contributed by atoms with Crippen molar-refractivity contribution in [1.82, 2.24) is 14.7 Å². The molecular formula is C24H28FN3O2. The van der Waals surface area contributed by atoms with E-state index in [-0.39, 0.29) is 18.2 Å². The number of aromatic nitrogens is 2. The monoisotopic (exact) mass is 409 g/mol. The molecule has 1 aromatic heterocycles. The minimum absolute atomic E-state index is 0.0290. The highest BCUT2D eigenvalue weighted by atomic mass is 19.1. The van der Waals surface area contributed by atoms with Crippen molar-refractivity contribution in [3.8, 4) is 0 Å². The third-order valence-corrected chi connectivity index (χ3v) is 7.46. The van der Waals surface area contributed by atoms with Crippen molar-refractivity contribution >= 4 is 11.7 Å². The number of alkyl halides is 1. The van der Waals surface area contributed by atoms with E-state index in [4.69, 9.17) is 0 Å². The lowest BCUT2D eigenvalue weighted by Crippen LogP contribution is -2.45. The van der Waals surface area contributed by atoms with Gasteiger partial charge in [0.1, 0.15) is 17.9 Å². The van der Waals surface area contributed by atoms with Gasteiger partial charge < -0.3 is 4.90 Å². The number of piperidine rings is 1. The predicted molar refractivity (Wildman–Crippen MR) is 111 cm³/mol. The van der Waals surface area contributed by atoms with E-state index in [1.54, 1.807) is 16.5 Å². The van der Waals surface area contributed by atoms with Gasteiger partial charge in [0.05, 0.1) is 0 Å². The summed E-state index contributed by atoms with van der Waals surface area (Å²) in [5.41, 5.74) is 4.14. The number of carbonyl (C=O) groups is 2. The van der Waals surface area contributed by atoms with Crippen molar-refractivity contribution in [3.05, 3.63) is 51.8 Å². The number of fused-ring (bicyclic) bond motifs is 3. The number of aryl methyl sites for hydroxylation is 1. The Kier molecular flexibility index (Phi) is 4.38. The maximum absolute atomic E-state index is 15.7. The fourth-order valence-electron chi connectivity index (χ4n) is 5.43. The van der Waals surface area contributed by atoms with Gasteiger partial charge in [-0.3, -0.25) is 14.3 Å². The first-order valence-electron chi connectivity index (χ1n) is 10.9. The van der Waals surface area contributed by atoms with Crippen LogP contribution in [0.25, 0.3) is 0 Å². The molecule has 1 amide bonds. The second-order valence-corrected chi connectivity index (χ2v) is 9.32. The van der Waals surface area contributed by atoms with Gasteiger partial charge >= 0.3 is 0 Å². The van der Waals surface area contributed by atoms with Crippen LogP contribution in [0.15, 0.2) is 18.2 Å². The Bertz CT molecular complexity index is 1050. The fourth-order valence-corrected chi connectivity index (χ4v) is 5.43. The average molecular weight is 410 g/mol. The summed E-state index contributed by atoms with van der Waals surface area (Å²) in [5.74, 6) is 1.01. The molecule has 1 saturated heterocycles. The van der Waals surface area contributed by atoms with Crippen LogP contribution in [0.1, 0.15) is 70.5 Å². The summed E-state index contributed by atoms with van der Waals surface area (Å²) < 4.78 is 17.5. The SMILES string of the molecule is CC(=O)c1nn(CC(=O)N2CCC(F)(c3cccc(C)c3C)CC2)c2c1[C@@H]1C[C@@H]1C2. The highest BCUT2D eigenvalue weighted by Crippen LogP contribution is 2.57. The van der Waals surface area contributed by atoms with Crippen LogP contribution in [0.5, 0.6) is 0 Å². The number of rotatable bonds is 4. The lowest BCUT2D eigenvalue weighted by atomic mass is 9.82. The van der Waals surface area contributed by atoms with Gasteiger partial charge in [0.15, 0.2) is 5.78 Å². The molecule has 2 aromatic rings. The molecule has 5 rings (SSSR count). The summed E-state index contributed by atoms with van der Waals surface area (Å²) in [4.78, 5) is 26.7. The second kappa shape index (κ2) is 6.76. The smallest absolute Gasteiger partial charge is 0.244 e. The molecule has 3 aliphatic rings. The standard InChI is InChI=1S/C24H28FN3O2/c1-14-5-4-6-19(15(14)2)24(25)7-9-27(10-8-24)21(30)13-28-20-12-17-11-18(17)22(20)23(26-28)16(3)29/h4-6,17-18H,7-13H2,1-3H3/t17-,18-/m1/s1. The van der Waals surface area contributed by atoms with E-state index in [0.29, 0.717) is 43.5 Å². The predicted octanol–water partition coefficient (Wildman–Crippen LogP) is 3.85. The number of likely N-dealkylation sites (tertiary alicyclic amines) is 1. The first kappa shape index (κ1) is 19.5. The largest absolute Gasteiger partial charge is 0.341 e. The van der Waals surface area contributed by atoms with Crippen LogP contribution in [0.3, 0.4) is 0 Å². The molecule has 2 fully saturated rings. The van der Waals surface area contributed by atoms with E-state index in [1.165, 1.54) is 0 Å². The van der Waals surface area contributed by atoms with Crippen LogP contribution in [0, 0.1) is 19.8 Å². The lowest BCUT2D eigenvalue weighted by Gasteiger charge is -2.37. The number of hydrogen-bond donors (Lipinski definition) is 0. The minimum atomic E-state index is -1.39. The number of hydrogen-bond acceptors (Lipinski definition) is 3. The van der Waals surface area contributed by atoms with E-state index >= 15 is 4.39 Å². The molecule has 1 aliphatic heterocycles. The van der Waals surface area contributed by atoms with Crippen molar-refractivity contribution in [3.63, 3.8) is 0 Å². The third kappa shape index (κ3) is 2.99. The quantitative estimate of drug-likeness (QED) is 0.721. The Morgan fingerprint density at radius 1 is 1.23 bits per heavy atom. The van der Waals surface area contributed by atoms with Crippen LogP contribution in [-0.2, 0) is 23.4 Å². The Hall–Kier alpha value is -2.50. The minimum Gasteiger partial charge on any atom is -0.341 e. The summed E-state index contributed by atoms with van der Waals surface area (Å²) in [7, 11) is 0. The Morgan fingerprint density at radius 2 is 1.97 bits per heavy atom. The second-order valence-electron chi connectivity index (χ2n) is 9.32. The van der Waals surface area contributed by atoms with Crippen LogP contribution in [0.2, 0.25) is 0 Å². The number of halogens is 1. The molecule has 2 aliphatic carbocycles. The normalized spacial score (nSPS) is 23.8. The highest BCUT2D eigenvalue weighted by molar-refractivity contribution is 5.94. The van der Waals surface area contributed by atoms with E-state index in [2.05, 4.69) is 5.10 Å². The molecule has 0 N–H and O–H groups in total. The molecule has 158 valence electrons. The van der Waals surface area contributed by atoms with E-state index in [1.807, 2.05) is 32.0 Å². The summed E-state index contributed by atoms with van der Waals surface area (Å²) in [6.45, 7) is 6.46. The summed E-state index contributed by atoms with van der Waals surface area (Å²) in [6, 6.07) is 5.79. The van der Waals surface area contributed by atoms with Crippen LogP contribution in [-0.4, -0.2) is 39.5 Å². The topological polar surface area (TPSA) is 55.2 Å². The summed E-state index contributed by atoms with van der Waals surface area (Å²) >= 11 is 0. The number of ketones is 1. The lowest BCUT2D eigenvalue weighted by molar-refractivity contribution is -0.134. The van der Waals surface area contributed by atoms with Crippen LogP contribution in [0.4, 0.5) is 4.39 Å². The first-order valence-corrected chi connectivity index (χ1v) is 10.9. The first-order chi connectivity index (χ1) is 14.3. The molecule has 1 aromatic carbocycles. The molecule has 2 atom stereocenters. The molecule has 0 radical (unpaired) electrons. The maximum Gasteiger partial charge on any atom is 0.244 e. The van der Waals surface area contributed by atoms with E-state index < -0.39 is 5.67 Å². The fraction of sp³-hybridized carbons (Fsp3) is 0.542. The van der Waals surface area contributed by atoms with Crippen LogP contribution < -0.4 is 0 Å². The van der Waals surface area contributed by atoms with Crippen molar-refractivity contribution in [1.29, 1.82) is 0 Å². The zero-order chi connectivity index (χ0) is 21.2. The summed E-state index contributed by atoms with van der Waals surface area (Å²) in [6.07, 6.45) is 2.66. The summed E-state index contributed by atoms with van der Waals surface area (Å²) in [5, 5.41) is 4.49. The van der Waals surface area contributed by atoms with Gasteiger partial charge in [0.2, 0.25) is 5.91 Å². The van der Waals surface area contributed by atoms with Gasteiger partial charge in [-0.25, -0.2) is 4.39 Å². The molecule has 0 spiro atoms. The molecule has 0 unspecified atom stereocenters. The zero-order valence-electron chi connectivity index (χ0n) is 17.9. The average Bonchev–Trinajstić information content (AvgIpc) is 3.23. The molecule has 30 heavy (non-hydrogen) atoms. The Labute approximate surface area is 176 Å². The van der Waals surface area contributed by atoms with E-state index in [9.17, 15) is 9.59 Å². The van der Waals surface area contributed by atoms with Crippen LogP contribution >= 0.6 is 0 Å². The van der Waals surface area contributed by atoms with Crippen molar-refractivity contribution < 1.29 is 14.0 Å². The number of benzene rings is 1. The van der Waals surface area contributed by atoms with Gasteiger partial charge in [-0.05, 0) is 55.2 Å². The number of carbonyl (C=O) groups excluding carboxylic acids is 2. The molecule has 2 heterocycles. The Morgan fingerprint density at radius 3 is 2.67 bits per heavy atom.